The quantitative estimate of drug-likeness (QED) is 0.488. The highest BCUT2D eigenvalue weighted by atomic mass is 35.5. The van der Waals surface area contributed by atoms with Gasteiger partial charge in [-0.15, -0.1) is 0 Å². The van der Waals surface area contributed by atoms with Crippen molar-refractivity contribution >= 4 is 11.6 Å². The van der Waals surface area contributed by atoms with E-state index >= 15 is 0 Å². The zero-order valence-corrected chi connectivity index (χ0v) is 17.7. The molecule has 1 aromatic rings. The summed E-state index contributed by atoms with van der Waals surface area (Å²) in [7, 11) is 0. The summed E-state index contributed by atoms with van der Waals surface area (Å²) in [4.78, 5) is 0. The Balaban J connectivity index is 1.28. The minimum atomic E-state index is -0.238. The van der Waals surface area contributed by atoms with Crippen molar-refractivity contribution in [3.05, 3.63) is 34.1 Å². The molecule has 0 saturated heterocycles. The zero-order valence-electron chi connectivity index (χ0n) is 17.0. The molecule has 2 saturated carbocycles. The van der Waals surface area contributed by atoms with Crippen LogP contribution in [0.5, 0.6) is 0 Å². The number of rotatable bonds is 4. The molecule has 2 heteroatoms. The number of hydrogen-bond acceptors (Lipinski definition) is 0. The molecule has 0 amide bonds. The van der Waals surface area contributed by atoms with Crippen molar-refractivity contribution in [3.63, 3.8) is 0 Å². The third-order valence-corrected chi connectivity index (χ3v) is 8.54. The summed E-state index contributed by atoms with van der Waals surface area (Å²) < 4.78 is 13.9. The van der Waals surface area contributed by atoms with Crippen LogP contribution in [0.15, 0.2) is 12.1 Å². The smallest absolute Gasteiger partial charge is 0.142 e. The molecule has 0 heterocycles. The number of halogens is 2. The van der Waals surface area contributed by atoms with E-state index in [2.05, 4.69) is 6.92 Å². The first kappa shape index (κ1) is 19.7. The monoisotopic (exact) mass is 390 g/mol. The number of hydrogen-bond donors (Lipinski definition) is 0. The molecular weight excluding hydrogens is 355 g/mol. The van der Waals surface area contributed by atoms with E-state index in [1.54, 1.807) is 6.07 Å². The molecule has 2 fully saturated rings. The van der Waals surface area contributed by atoms with Gasteiger partial charge in [0.15, 0.2) is 0 Å². The number of benzene rings is 1. The molecule has 0 spiro atoms. The maximum atomic E-state index is 13.9. The first-order chi connectivity index (χ1) is 13.1. The first-order valence-electron chi connectivity index (χ1n) is 11.6. The molecule has 0 nitrogen and oxygen atoms in total. The molecule has 1 unspecified atom stereocenters. The topological polar surface area (TPSA) is 0 Å². The molecule has 1 aromatic carbocycles. The highest BCUT2D eigenvalue weighted by Crippen LogP contribution is 2.45. The van der Waals surface area contributed by atoms with Gasteiger partial charge < -0.3 is 0 Å². The molecule has 27 heavy (non-hydrogen) atoms. The lowest BCUT2D eigenvalue weighted by Crippen LogP contribution is -2.30. The van der Waals surface area contributed by atoms with E-state index in [-0.39, 0.29) is 5.82 Å². The van der Waals surface area contributed by atoms with Crippen LogP contribution < -0.4 is 0 Å². The second-order valence-electron chi connectivity index (χ2n) is 9.78. The fourth-order valence-electron chi connectivity index (χ4n) is 6.62. The van der Waals surface area contributed by atoms with E-state index in [9.17, 15) is 4.39 Å². The molecule has 0 aromatic heterocycles. The SMILES string of the molecule is CCCC1CCC(C2CCC(C3CCc4cc(Cl)c(F)cc4C3)CC2)CC1. The Hall–Kier alpha value is -0.560. The lowest BCUT2D eigenvalue weighted by atomic mass is 9.65. The largest absolute Gasteiger partial charge is 0.205 e. The lowest BCUT2D eigenvalue weighted by Gasteiger charge is -2.41. The molecule has 0 bridgehead atoms. The summed E-state index contributed by atoms with van der Waals surface area (Å²) in [6.45, 7) is 2.33. The fraction of sp³-hybridized carbons (Fsp3) is 0.760. The average molecular weight is 391 g/mol. The predicted octanol–water partition coefficient (Wildman–Crippen LogP) is 8.00. The molecule has 3 aliphatic carbocycles. The Labute approximate surface area is 170 Å². The normalized spacial score (nSPS) is 34.3. The molecule has 1 atom stereocenters. The van der Waals surface area contributed by atoms with Crippen molar-refractivity contribution < 1.29 is 4.39 Å². The van der Waals surface area contributed by atoms with Crippen molar-refractivity contribution in [2.24, 2.45) is 29.6 Å². The molecule has 4 rings (SSSR count). The zero-order chi connectivity index (χ0) is 18.8. The summed E-state index contributed by atoms with van der Waals surface area (Å²) in [5.74, 6) is 4.43. The second kappa shape index (κ2) is 8.85. The average Bonchev–Trinajstić information content (AvgIpc) is 2.70. The van der Waals surface area contributed by atoms with Gasteiger partial charge >= 0.3 is 0 Å². The van der Waals surface area contributed by atoms with Gasteiger partial charge in [0, 0.05) is 0 Å². The van der Waals surface area contributed by atoms with Crippen LogP contribution in [0, 0.1) is 35.4 Å². The van der Waals surface area contributed by atoms with Gasteiger partial charge in [0.2, 0.25) is 0 Å². The Morgan fingerprint density at radius 3 is 2.04 bits per heavy atom. The van der Waals surface area contributed by atoms with Gasteiger partial charge in [-0.1, -0.05) is 44.2 Å². The number of aryl methyl sites for hydroxylation is 1. The van der Waals surface area contributed by atoms with Gasteiger partial charge in [0.1, 0.15) is 5.82 Å². The molecule has 150 valence electrons. The van der Waals surface area contributed by atoms with Crippen LogP contribution in [-0.4, -0.2) is 0 Å². The predicted molar refractivity (Wildman–Crippen MR) is 113 cm³/mol. The summed E-state index contributed by atoms with van der Waals surface area (Å²) in [6, 6.07) is 3.58. The minimum Gasteiger partial charge on any atom is -0.205 e. The standard InChI is InChI=1S/C25H36ClF/c1-2-3-17-4-6-18(7-5-17)19-8-10-20(11-9-19)21-12-13-22-15-24(26)25(27)16-23(22)14-21/h15-21H,2-14H2,1H3. The molecule has 0 N–H and O–H groups in total. The first-order valence-corrected chi connectivity index (χ1v) is 12.0. The third-order valence-electron chi connectivity index (χ3n) is 8.25. The Kier molecular flexibility index (Phi) is 6.47. The van der Waals surface area contributed by atoms with Crippen molar-refractivity contribution in [1.82, 2.24) is 0 Å². The number of fused-ring (bicyclic) bond motifs is 1. The summed E-state index contributed by atoms with van der Waals surface area (Å²) in [5.41, 5.74) is 2.51. The minimum absolute atomic E-state index is 0.238. The Morgan fingerprint density at radius 1 is 0.815 bits per heavy atom. The fourth-order valence-corrected chi connectivity index (χ4v) is 6.81. The Bertz CT molecular complexity index is 623. The summed E-state index contributed by atoms with van der Waals surface area (Å²) in [6.07, 6.45) is 17.9. The van der Waals surface area contributed by atoms with Crippen LogP contribution in [0.4, 0.5) is 4.39 Å². The van der Waals surface area contributed by atoms with E-state index in [1.807, 2.05) is 6.07 Å². The molecule has 0 aliphatic heterocycles. The van der Waals surface area contributed by atoms with E-state index in [4.69, 9.17) is 11.6 Å². The van der Waals surface area contributed by atoms with Crippen molar-refractivity contribution in [1.29, 1.82) is 0 Å². The van der Waals surface area contributed by atoms with Gasteiger partial charge in [-0.3, -0.25) is 0 Å². The summed E-state index contributed by atoms with van der Waals surface area (Å²) >= 11 is 5.97. The molecular formula is C25H36ClF. The second-order valence-corrected chi connectivity index (χ2v) is 10.2. The van der Waals surface area contributed by atoms with E-state index < -0.39 is 0 Å². The Morgan fingerprint density at radius 2 is 1.41 bits per heavy atom. The lowest BCUT2D eigenvalue weighted by molar-refractivity contribution is 0.119. The van der Waals surface area contributed by atoms with Gasteiger partial charge in [0.05, 0.1) is 5.02 Å². The molecule has 3 aliphatic rings. The maximum absolute atomic E-state index is 13.9. The van der Waals surface area contributed by atoms with E-state index in [0.717, 1.165) is 42.4 Å². The van der Waals surface area contributed by atoms with Crippen LogP contribution in [0.1, 0.15) is 88.7 Å². The van der Waals surface area contributed by atoms with Gasteiger partial charge in [-0.2, -0.15) is 0 Å². The van der Waals surface area contributed by atoms with Crippen LogP contribution in [0.2, 0.25) is 5.02 Å². The summed E-state index contributed by atoms with van der Waals surface area (Å²) in [5, 5.41) is 0.293. The van der Waals surface area contributed by atoms with Crippen LogP contribution >= 0.6 is 11.6 Å². The third kappa shape index (κ3) is 4.55. The van der Waals surface area contributed by atoms with Crippen LogP contribution in [0.25, 0.3) is 0 Å². The van der Waals surface area contributed by atoms with Gasteiger partial charge in [-0.25, -0.2) is 4.39 Å². The highest BCUT2D eigenvalue weighted by Gasteiger charge is 2.34. The van der Waals surface area contributed by atoms with Crippen LogP contribution in [0.3, 0.4) is 0 Å². The van der Waals surface area contributed by atoms with Crippen molar-refractivity contribution in [2.45, 2.75) is 90.4 Å². The van der Waals surface area contributed by atoms with Crippen molar-refractivity contribution in [2.75, 3.05) is 0 Å². The van der Waals surface area contributed by atoms with Gasteiger partial charge in [-0.05, 0) is 111 Å². The van der Waals surface area contributed by atoms with Crippen molar-refractivity contribution in [3.8, 4) is 0 Å². The van der Waals surface area contributed by atoms with Gasteiger partial charge in [0.25, 0.3) is 0 Å². The molecule has 0 radical (unpaired) electrons. The van der Waals surface area contributed by atoms with E-state index in [1.165, 1.54) is 81.8 Å². The van der Waals surface area contributed by atoms with Crippen LogP contribution in [-0.2, 0) is 12.8 Å². The highest BCUT2D eigenvalue weighted by molar-refractivity contribution is 6.30. The van der Waals surface area contributed by atoms with E-state index in [0.29, 0.717) is 5.02 Å². The maximum Gasteiger partial charge on any atom is 0.142 e.